The van der Waals surface area contributed by atoms with Gasteiger partial charge in [0.1, 0.15) is 10.7 Å². The average Bonchev–Trinajstić information content (AvgIpc) is 3.20. The van der Waals surface area contributed by atoms with Crippen molar-refractivity contribution in [2.45, 2.75) is 4.90 Å². The van der Waals surface area contributed by atoms with Gasteiger partial charge in [0.05, 0.1) is 11.3 Å². The summed E-state index contributed by atoms with van der Waals surface area (Å²) in [4.78, 5) is 10.8. The molecule has 1 N–H and O–H groups in total. The van der Waals surface area contributed by atoms with Crippen LogP contribution in [0, 0.1) is 0 Å². The van der Waals surface area contributed by atoms with Gasteiger partial charge < -0.3 is 10.2 Å². The van der Waals surface area contributed by atoms with Crippen LogP contribution in [-0.4, -0.2) is 34.6 Å². The Balaban J connectivity index is 1.64. The molecule has 0 aliphatic carbocycles. The van der Waals surface area contributed by atoms with Gasteiger partial charge in [0.15, 0.2) is 5.82 Å². The van der Waals surface area contributed by atoms with E-state index >= 15 is 0 Å². The molecule has 1 aliphatic rings. The first kappa shape index (κ1) is 17.4. The number of anilines is 4. The quantitative estimate of drug-likeness (QED) is 0.559. The van der Waals surface area contributed by atoms with E-state index < -0.39 is 10.0 Å². The van der Waals surface area contributed by atoms with Crippen LogP contribution in [0.2, 0.25) is 0 Å². The highest BCUT2D eigenvalue weighted by Gasteiger charge is 2.35. The van der Waals surface area contributed by atoms with Gasteiger partial charge in [-0.3, -0.25) is 0 Å². The number of para-hydroxylation sites is 2. The number of nitrogens with zero attached hydrogens (tertiary/aromatic N) is 5. The molecule has 9 heteroatoms. The Labute approximate surface area is 167 Å². The molecule has 4 aromatic rings. The lowest BCUT2D eigenvalue weighted by molar-refractivity contribution is 0.577. The van der Waals surface area contributed by atoms with Gasteiger partial charge in [0.25, 0.3) is 10.0 Å². The van der Waals surface area contributed by atoms with E-state index in [1.165, 1.54) is 0 Å². The summed E-state index contributed by atoms with van der Waals surface area (Å²) >= 11 is 0. The van der Waals surface area contributed by atoms with Crippen molar-refractivity contribution in [2.75, 3.05) is 17.3 Å². The Kier molecular flexibility index (Phi) is 3.85. The number of hydrogen-bond acceptors (Lipinski definition) is 7. The van der Waals surface area contributed by atoms with Crippen LogP contribution in [0.15, 0.2) is 77.8 Å². The minimum absolute atomic E-state index is 0.195. The molecule has 0 amide bonds. The van der Waals surface area contributed by atoms with E-state index in [1.54, 1.807) is 54.5 Å². The van der Waals surface area contributed by atoms with Crippen LogP contribution in [-0.2, 0) is 10.0 Å². The molecule has 3 heterocycles. The van der Waals surface area contributed by atoms with Crippen molar-refractivity contribution in [2.24, 2.45) is 0 Å². The molecule has 0 saturated carbocycles. The Morgan fingerprint density at radius 2 is 1.69 bits per heavy atom. The number of benzene rings is 2. The summed E-state index contributed by atoms with van der Waals surface area (Å²) in [5, 5.41) is 7.56. The Hall–Kier alpha value is -3.72. The largest absolute Gasteiger partial charge is 0.340 e. The Bertz CT molecular complexity index is 1320. The summed E-state index contributed by atoms with van der Waals surface area (Å²) in [5.74, 6) is 1.04. The van der Waals surface area contributed by atoms with E-state index in [1.807, 2.05) is 30.3 Å². The van der Waals surface area contributed by atoms with E-state index in [9.17, 15) is 8.42 Å². The normalized spacial score (nSPS) is 14.2. The first-order chi connectivity index (χ1) is 14.1. The van der Waals surface area contributed by atoms with E-state index in [0.29, 0.717) is 17.1 Å². The SMILES string of the molecule is CN1c2ccccc2S(=O)(=O)n2nc(-c3cccnc3Nc3ccccc3)nc21. The molecule has 0 fully saturated rings. The van der Waals surface area contributed by atoms with Gasteiger partial charge in [-0.1, -0.05) is 30.3 Å². The monoisotopic (exact) mass is 404 g/mol. The topological polar surface area (TPSA) is 93.0 Å². The van der Waals surface area contributed by atoms with Crippen LogP contribution in [0.5, 0.6) is 0 Å². The number of nitrogens with one attached hydrogen (secondary N) is 1. The van der Waals surface area contributed by atoms with Crippen LogP contribution in [0.3, 0.4) is 0 Å². The minimum atomic E-state index is -3.83. The second kappa shape index (κ2) is 6.42. The number of hydrogen-bond donors (Lipinski definition) is 1. The van der Waals surface area contributed by atoms with Gasteiger partial charge in [-0.05, 0) is 36.4 Å². The van der Waals surface area contributed by atoms with Gasteiger partial charge in [-0.15, -0.1) is 9.19 Å². The highest BCUT2D eigenvalue weighted by molar-refractivity contribution is 7.90. The Morgan fingerprint density at radius 3 is 2.52 bits per heavy atom. The summed E-state index contributed by atoms with van der Waals surface area (Å²) < 4.78 is 27.1. The zero-order valence-electron chi connectivity index (χ0n) is 15.4. The zero-order chi connectivity index (χ0) is 20.0. The zero-order valence-corrected chi connectivity index (χ0v) is 16.2. The van der Waals surface area contributed by atoms with Gasteiger partial charge >= 0.3 is 0 Å². The fourth-order valence-corrected chi connectivity index (χ4v) is 4.74. The molecule has 0 bridgehead atoms. The van der Waals surface area contributed by atoms with Gasteiger partial charge in [0, 0.05) is 18.9 Å². The summed E-state index contributed by atoms with van der Waals surface area (Å²) in [7, 11) is -2.06. The average molecular weight is 404 g/mol. The van der Waals surface area contributed by atoms with Crippen molar-refractivity contribution < 1.29 is 8.42 Å². The maximum atomic E-state index is 13.1. The number of aromatic nitrogens is 4. The predicted molar refractivity (Wildman–Crippen MR) is 110 cm³/mol. The molecule has 8 nitrogen and oxygen atoms in total. The van der Waals surface area contributed by atoms with Crippen molar-refractivity contribution in [1.82, 2.24) is 19.2 Å². The number of fused-ring (bicyclic) bond motifs is 2. The maximum Gasteiger partial charge on any atom is 0.288 e. The summed E-state index contributed by atoms with van der Waals surface area (Å²) in [6, 6.07) is 19.9. The number of pyridine rings is 1. The molecule has 5 rings (SSSR count). The molecule has 0 spiro atoms. The highest BCUT2D eigenvalue weighted by atomic mass is 32.2. The molecular weight excluding hydrogens is 388 g/mol. The predicted octanol–water partition coefficient (Wildman–Crippen LogP) is 3.40. The summed E-state index contributed by atoms with van der Waals surface area (Å²) in [6.07, 6.45) is 1.66. The maximum absolute atomic E-state index is 13.1. The van der Waals surface area contributed by atoms with Gasteiger partial charge in [-0.2, -0.15) is 13.4 Å². The molecule has 144 valence electrons. The van der Waals surface area contributed by atoms with Crippen LogP contribution in [0.1, 0.15) is 0 Å². The summed E-state index contributed by atoms with van der Waals surface area (Å²) in [6.45, 7) is 0. The first-order valence-electron chi connectivity index (χ1n) is 8.88. The summed E-state index contributed by atoms with van der Waals surface area (Å²) in [5.41, 5.74) is 2.02. The van der Waals surface area contributed by atoms with E-state index in [0.717, 1.165) is 9.77 Å². The third kappa shape index (κ3) is 2.74. The molecule has 29 heavy (non-hydrogen) atoms. The molecule has 0 atom stereocenters. The van der Waals surface area contributed by atoms with Crippen molar-refractivity contribution in [3.8, 4) is 11.4 Å². The van der Waals surface area contributed by atoms with E-state index in [-0.39, 0.29) is 16.7 Å². The molecule has 0 unspecified atom stereocenters. The lowest BCUT2D eigenvalue weighted by Gasteiger charge is -2.25. The second-order valence-corrected chi connectivity index (χ2v) is 8.24. The highest BCUT2D eigenvalue weighted by Crippen LogP contribution is 2.38. The van der Waals surface area contributed by atoms with Crippen LogP contribution in [0.25, 0.3) is 11.4 Å². The third-order valence-corrected chi connectivity index (χ3v) is 6.28. The minimum Gasteiger partial charge on any atom is -0.340 e. The van der Waals surface area contributed by atoms with E-state index in [2.05, 4.69) is 20.4 Å². The van der Waals surface area contributed by atoms with Crippen molar-refractivity contribution >= 4 is 33.2 Å². The smallest absolute Gasteiger partial charge is 0.288 e. The van der Waals surface area contributed by atoms with Crippen LogP contribution < -0.4 is 10.2 Å². The third-order valence-electron chi connectivity index (χ3n) is 4.68. The molecule has 0 saturated heterocycles. The molecule has 2 aromatic carbocycles. The molecule has 1 aliphatic heterocycles. The van der Waals surface area contributed by atoms with E-state index in [4.69, 9.17) is 0 Å². The van der Waals surface area contributed by atoms with Crippen LogP contribution >= 0.6 is 0 Å². The van der Waals surface area contributed by atoms with Crippen molar-refractivity contribution in [1.29, 1.82) is 0 Å². The molecule has 2 aromatic heterocycles. The fourth-order valence-electron chi connectivity index (χ4n) is 3.27. The van der Waals surface area contributed by atoms with Gasteiger partial charge in [-0.25, -0.2) is 4.98 Å². The lowest BCUT2D eigenvalue weighted by atomic mass is 10.2. The van der Waals surface area contributed by atoms with Gasteiger partial charge in [0.2, 0.25) is 5.95 Å². The van der Waals surface area contributed by atoms with Crippen molar-refractivity contribution in [3.05, 3.63) is 72.9 Å². The molecule has 0 radical (unpaired) electrons. The molecular formula is C20H16N6O2S. The van der Waals surface area contributed by atoms with Crippen molar-refractivity contribution in [3.63, 3.8) is 0 Å². The number of rotatable bonds is 3. The first-order valence-corrected chi connectivity index (χ1v) is 10.3. The second-order valence-electron chi connectivity index (χ2n) is 6.50. The Morgan fingerprint density at radius 1 is 0.931 bits per heavy atom. The standard InChI is InChI=1S/C20H16N6O2S/c1-25-16-11-5-6-12-17(16)29(27,28)26-20(25)23-19(24-26)15-10-7-13-21-18(15)22-14-8-3-2-4-9-14/h2-13H,1H3,(H,21,22). The van der Waals surface area contributed by atoms with Crippen LogP contribution in [0.4, 0.5) is 23.1 Å². The lowest BCUT2D eigenvalue weighted by Crippen LogP contribution is -2.28. The fraction of sp³-hybridized carbons (Fsp3) is 0.0500.